The Balaban J connectivity index is 1.60. The molecule has 0 aliphatic heterocycles. The number of fused-ring (bicyclic) bond motifs is 3. The minimum absolute atomic E-state index is 0.962. The van der Waals surface area contributed by atoms with E-state index in [2.05, 4.69) is 113 Å². The number of aromatic nitrogens is 4. The first kappa shape index (κ1) is 20.6. The molecule has 0 fully saturated rings. The summed E-state index contributed by atoms with van der Waals surface area (Å²) in [5, 5.41) is 12.7. The van der Waals surface area contributed by atoms with E-state index in [-0.39, 0.29) is 0 Å². The van der Waals surface area contributed by atoms with Crippen molar-refractivity contribution >= 4 is 40.4 Å². The smallest absolute Gasteiger partial charge is 0.135 e. The highest BCUT2D eigenvalue weighted by molar-refractivity contribution is 7.00. The third-order valence-corrected chi connectivity index (χ3v) is 10.1. The van der Waals surface area contributed by atoms with E-state index in [1.807, 2.05) is 19.2 Å². The number of para-hydroxylation sites is 1. The zero-order valence-corrected chi connectivity index (χ0v) is 20.6. The van der Waals surface area contributed by atoms with Gasteiger partial charge in [0.1, 0.15) is 8.07 Å². The van der Waals surface area contributed by atoms with Crippen LogP contribution in [0.1, 0.15) is 5.69 Å². The van der Waals surface area contributed by atoms with Crippen molar-refractivity contribution in [2.24, 2.45) is 0 Å². The number of rotatable bonds is 4. The van der Waals surface area contributed by atoms with Gasteiger partial charge in [0.15, 0.2) is 0 Å². The number of benzene rings is 3. The molecular weight excluding hydrogens is 432 g/mol. The van der Waals surface area contributed by atoms with Gasteiger partial charge in [-0.3, -0.25) is 10.1 Å². The van der Waals surface area contributed by atoms with Crippen molar-refractivity contribution in [2.75, 3.05) is 0 Å². The van der Waals surface area contributed by atoms with E-state index in [0.29, 0.717) is 0 Å². The van der Waals surface area contributed by atoms with Crippen molar-refractivity contribution in [2.45, 2.75) is 20.0 Å². The molecule has 0 saturated heterocycles. The Morgan fingerprint density at radius 1 is 0.765 bits per heavy atom. The van der Waals surface area contributed by atoms with Crippen molar-refractivity contribution in [3.8, 4) is 16.9 Å². The van der Waals surface area contributed by atoms with Gasteiger partial charge >= 0.3 is 0 Å². The lowest BCUT2D eigenvalue weighted by molar-refractivity contribution is 1.05. The molecule has 3 aromatic heterocycles. The van der Waals surface area contributed by atoms with Crippen LogP contribution in [0.5, 0.6) is 0 Å². The molecule has 6 aromatic rings. The summed E-state index contributed by atoms with van der Waals surface area (Å²) in [6.45, 7) is 6.79. The van der Waals surface area contributed by atoms with Gasteiger partial charge in [0.25, 0.3) is 0 Å². The fraction of sp³-hybridized carbons (Fsp3) is 0.103. The monoisotopic (exact) mass is 458 g/mol. The average Bonchev–Trinajstić information content (AvgIpc) is 3.45. The molecule has 0 radical (unpaired) electrons. The van der Waals surface area contributed by atoms with Gasteiger partial charge in [-0.05, 0) is 49.4 Å². The van der Waals surface area contributed by atoms with E-state index in [1.165, 1.54) is 32.3 Å². The van der Waals surface area contributed by atoms with Crippen molar-refractivity contribution in [1.29, 1.82) is 0 Å². The van der Waals surface area contributed by atoms with Crippen LogP contribution in [0.4, 0.5) is 0 Å². The van der Waals surface area contributed by atoms with Crippen molar-refractivity contribution < 1.29 is 0 Å². The first-order valence-corrected chi connectivity index (χ1v) is 14.6. The molecular formula is C29H26N4Si. The first-order chi connectivity index (χ1) is 16.5. The van der Waals surface area contributed by atoms with Crippen LogP contribution >= 0.6 is 0 Å². The molecule has 0 aliphatic rings. The SMILES string of the molecule is Cc1cc(-c2cccc(-n3c4ccccc4c4ccc([Si](C)(C)c5ccccn5)cc43)c2)n[nH]1. The summed E-state index contributed by atoms with van der Waals surface area (Å²) in [6, 6.07) is 32.6. The second-order valence-electron chi connectivity index (χ2n) is 9.41. The predicted molar refractivity (Wildman–Crippen MR) is 144 cm³/mol. The Labute approximate surface area is 199 Å². The van der Waals surface area contributed by atoms with Crippen LogP contribution in [0.3, 0.4) is 0 Å². The van der Waals surface area contributed by atoms with Crippen molar-refractivity contribution in [3.63, 3.8) is 0 Å². The number of H-pyrrole nitrogens is 1. The maximum Gasteiger partial charge on any atom is 0.135 e. The number of hydrogen-bond donors (Lipinski definition) is 1. The number of aryl methyl sites for hydroxylation is 1. The lowest BCUT2D eigenvalue weighted by Gasteiger charge is -2.22. The van der Waals surface area contributed by atoms with Crippen LogP contribution in [-0.2, 0) is 0 Å². The molecule has 5 heteroatoms. The summed E-state index contributed by atoms with van der Waals surface area (Å²) in [6.07, 6.45) is 1.90. The van der Waals surface area contributed by atoms with Gasteiger partial charge in [0, 0.05) is 39.2 Å². The van der Waals surface area contributed by atoms with E-state index in [4.69, 9.17) is 4.98 Å². The van der Waals surface area contributed by atoms with E-state index in [1.54, 1.807) is 0 Å². The quantitative estimate of drug-likeness (QED) is 0.345. The molecule has 6 rings (SSSR count). The zero-order valence-electron chi connectivity index (χ0n) is 19.6. The minimum atomic E-state index is -1.94. The highest BCUT2D eigenvalue weighted by Gasteiger charge is 2.28. The van der Waals surface area contributed by atoms with Crippen LogP contribution in [-0.4, -0.2) is 27.8 Å². The summed E-state index contributed by atoms with van der Waals surface area (Å²) in [5.41, 5.74) is 6.70. The predicted octanol–water partition coefficient (Wildman–Crippen LogP) is 5.70. The molecule has 0 aliphatic carbocycles. The van der Waals surface area contributed by atoms with Crippen LogP contribution in [0.25, 0.3) is 38.8 Å². The summed E-state index contributed by atoms with van der Waals surface area (Å²) in [4.78, 5) is 4.72. The van der Waals surface area contributed by atoms with E-state index >= 15 is 0 Å². The van der Waals surface area contributed by atoms with Crippen molar-refractivity contribution in [1.82, 2.24) is 19.7 Å². The molecule has 1 N–H and O–H groups in total. The maximum absolute atomic E-state index is 4.72. The van der Waals surface area contributed by atoms with Crippen LogP contribution in [0, 0.1) is 6.92 Å². The average molecular weight is 459 g/mol. The molecule has 0 unspecified atom stereocenters. The fourth-order valence-electron chi connectivity index (χ4n) is 4.89. The molecule has 3 heterocycles. The Morgan fingerprint density at radius 2 is 1.59 bits per heavy atom. The first-order valence-electron chi connectivity index (χ1n) is 11.6. The van der Waals surface area contributed by atoms with Gasteiger partial charge < -0.3 is 4.57 Å². The number of pyridine rings is 1. The van der Waals surface area contributed by atoms with Gasteiger partial charge in [0.2, 0.25) is 0 Å². The Hall–Kier alpha value is -3.96. The summed E-state index contributed by atoms with van der Waals surface area (Å²) in [5.74, 6) is 0. The number of nitrogens with one attached hydrogen (secondary N) is 1. The second-order valence-corrected chi connectivity index (χ2v) is 13.8. The van der Waals surface area contributed by atoms with Crippen LogP contribution < -0.4 is 10.5 Å². The molecule has 166 valence electrons. The molecule has 0 bridgehead atoms. The van der Waals surface area contributed by atoms with E-state index in [9.17, 15) is 0 Å². The minimum Gasteiger partial charge on any atom is -0.309 e. The van der Waals surface area contributed by atoms with Crippen LogP contribution in [0.2, 0.25) is 13.1 Å². The number of hydrogen-bond acceptors (Lipinski definition) is 2. The molecule has 0 spiro atoms. The van der Waals surface area contributed by atoms with Crippen molar-refractivity contribution in [3.05, 3.63) is 103 Å². The molecule has 0 atom stereocenters. The zero-order chi connectivity index (χ0) is 23.3. The third-order valence-electron chi connectivity index (χ3n) is 6.81. The largest absolute Gasteiger partial charge is 0.309 e. The lowest BCUT2D eigenvalue weighted by atomic mass is 10.1. The second kappa shape index (κ2) is 7.82. The normalized spacial score (nSPS) is 12.0. The van der Waals surface area contributed by atoms with Crippen LogP contribution in [0.15, 0.2) is 97.2 Å². The number of nitrogens with zero attached hydrogens (tertiary/aromatic N) is 3. The summed E-state index contributed by atoms with van der Waals surface area (Å²) in [7, 11) is -1.94. The van der Waals surface area contributed by atoms with Gasteiger partial charge in [0.05, 0.1) is 16.7 Å². The van der Waals surface area contributed by atoms with E-state index in [0.717, 1.165) is 22.6 Å². The highest BCUT2D eigenvalue weighted by atomic mass is 28.3. The molecule has 4 nitrogen and oxygen atoms in total. The third kappa shape index (κ3) is 3.28. The molecule has 0 saturated carbocycles. The topological polar surface area (TPSA) is 46.5 Å². The Bertz CT molecular complexity index is 1640. The van der Waals surface area contributed by atoms with E-state index < -0.39 is 8.07 Å². The lowest BCUT2D eigenvalue weighted by Crippen LogP contribution is -2.54. The van der Waals surface area contributed by atoms with Gasteiger partial charge in [-0.25, -0.2) is 0 Å². The fourth-order valence-corrected chi connectivity index (χ4v) is 7.09. The number of aromatic amines is 1. The Morgan fingerprint density at radius 3 is 2.38 bits per heavy atom. The maximum atomic E-state index is 4.72. The molecule has 3 aromatic carbocycles. The van der Waals surface area contributed by atoms with Gasteiger partial charge in [-0.2, -0.15) is 5.10 Å². The highest BCUT2D eigenvalue weighted by Crippen LogP contribution is 2.33. The standard InChI is InChI=1S/C29H26N4Si/c1-20-17-26(32-31-20)21-9-8-10-22(18-21)33-27-12-5-4-11-24(27)25-15-14-23(19-28(25)33)34(2,3)29-13-6-7-16-30-29/h4-19H,1-3H3,(H,31,32). The van der Waals surface area contributed by atoms with Gasteiger partial charge in [-0.1, -0.05) is 66.8 Å². The summed E-state index contributed by atoms with van der Waals surface area (Å²) < 4.78 is 2.39. The van der Waals surface area contributed by atoms with Gasteiger partial charge in [-0.15, -0.1) is 0 Å². The summed E-state index contributed by atoms with van der Waals surface area (Å²) >= 11 is 0. The molecule has 34 heavy (non-hydrogen) atoms. The Kier molecular flexibility index (Phi) is 4.74. The molecule has 0 amide bonds.